The number of carbonyl (C=O) groups excluding carboxylic acids is 1. The first-order valence-corrected chi connectivity index (χ1v) is 10.1. The topological polar surface area (TPSA) is 129 Å². The molecule has 1 aromatic heterocycles. The van der Waals surface area contributed by atoms with Gasteiger partial charge in [-0.05, 0) is 34.4 Å². The Morgan fingerprint density at radius 2 is 1.59 bits per heavy atom. The maximum atomic E-state index is 12.2. The second kappa shape index (κ2) is 9.17. The Hall–Kier alpha value is -3.75. The van der Waals surface area contributed by atoms with Gasteiger partial charge in [-0.15, -0.1) is 0 Å². The van der Waals surface area contributed by atoms with Crippen LogP contribution in [-0.2, 0) is 4.74 Å². The van der Waals surface area contributed by atoms with Crippen LogP contribution < -0.4 is 5.32 Å². The minimum Gasteiger partial charge on any atom is -0.478 e. The molecule has 4 rings (SSSR count). The number of nitrogens with zero attached hydrogens (tertiary/aromatic N) is 1. The minimum atomic E-state index is -1.59. The number of alkyl carbamates (subject to hydrolysis) is 1. The number of carbonyl (C=O) groups is 2. The van der Waals surface area contributed by atoms with Gasteiger partial charge in [0.05, 0.1) is 11.3 Å². The third kappa shape index (κ3) is 4.18. The molecule has 8 heteroatoms. The van der Waals surface area contributed by atoms with Crippen LogP contribution in [0.15, 0.2) is 66.9 Å². The summed E-state index contributed by atoms with van der Waals surface area (Å²) in [5, 5.41) is 32.1. The van der Waals surface area contributed by atoms with Gasteiger partial charge in [-0.25, -0.2) is 9.59 Å². The van der Waals surface area contributed by atoms with Gasteiger partial charge in [0, 0.05) is 18.7 Å². The average Bonchev–Trinajstić information content (AvgIpc) is 3.14. The van der Waals surface area contributed by atoms with Crippen LogP contribution in [0.5, 0.6) is 0 Å². The average molecular weight is 434 g/mol. The molecular formula is C24H22N2O6. The molecule has 2 atom stereocenters. The SMILES string of the molecule is O=C(NCC(O)C(O)c1ncccc1C(=O)O)OCC1c2ccccc2-c2ccccc21. The number of fused-ring (bicyclic) bond motifs is 3. The van der Waals surface area contributed by atoms with Crippen LogP contribution in [0, 0.1) is 0 Å². The van der Waals surface area contributed by atoms with Crippen LogP contribution in [0.3, 0.4) is 0 Å². The fourth-order valence-corrected chi connectivity index (χ4v) is 3.97. The number of aliphatic hydroxyl groups excluding tert-OH is 2. The van der Waals surface area contributed by atoms with E-state index in [0.717, 1.165) is 22.3 Å². The molecule has 1 heterocycles. The van der Waals surface area contributed by atoms with E-state index in [2.05, 4.69) is 10.3 Å². The number of carboxylic acids is 1. The Labute approximate surface area is 184 Å². The van der Waals surface area contributed by atoms with Crippen molar-refractivity contribution in [3.63, 3.8) is 0 Å². The second-order valence-corrected chi connectivity index (χ2v) is 7.46. The fourth-order valence-electron chi connectivity index (χ4n) is 3.97. The van der Waals surface area contributed by atoms with Crippen LogP contribution in [-0.4, -0.2) is 51.6 Å². The van der Waals surface area contributed by atoms with E-state index in [1.807, 2.05) is 48.5 Å². The van der Waals surface area contributed by atoms with Crippen LogP contribution in [0.25, 0.3) is 11.1 Å². The molecule has 0 saturated carbocycles. The summed E-state index contributed by atoms with van der Waals surface area (Å²) >= 11 is 0. The van der Waals surface area contributed by atoms with Crippen molar-refractivity contribution in [2.75, 3.05) is 13.2 Å². The summed E-state index contributed by atoms with van der Waals surface area (Å²) in [5.74, 6) is -1.38. The monoisotopic (exact) mass is 434 g/mol. The summed E-state index contributed by atoms with van der Waals surface area (Å²) in [4.78, 5) is 27.3. The highest BCUT2D eigenvalue weighted by atomic mass is 16.5. The molecule has 0 spiro atoms. The van der Waals surface area contributed by atoms with E-state index in [4.69, 9.17) is 4.74 Å². The highest BCUT2D eigenvalue weighted by molar-refractivity contribution is 5.89. The summed E-state index contributed by atoms with van der Waals surface area (Å²) < 4.78 is 5.38. The van der Waals surface area contributed by atoms with Crippen molar-refractivity contribution in [3.8, 4) is 11.1 Å². The lowest BCUT2D eigenvalue weighted by atomic mass is 9.98. The van der Waals surface area contributed by atoms with E-state index >= 15 is 0 Å². The number of aliphatic hydroxyl groups is 2. The summed E-state index contributed by atoms with van der Waals surface area (Å²) in [7, 11) is 0. The number of pyridine rings is 1. The molecule has 32 heavy (non-hydrogen) atoms. The predicted octanol–water partition coefficient (Wildman–Crippen LogP) is 2.71. The van der Waals surface area contributed by atoms with Gasteiger partial charge in [0.2, 0.25) is 0 Å². The normalized spacial score (nSPS) is 14.2. The van der Waals surface area contributed by atoms with E-state index in [1.54, 1.807) is 0 Å². The standard InChI is InChI=1S/C24H22N2O6/c27-20(22(28)21-18(23(29)30)10-5-11-25-21)12-26-24(31)32-13-19-16-8-3-1-6-14(16)15-7-2-4-9-17(15)19/h1-11,19-20,22,27-28H,12-13H2,(H,26,31)(H,29,30). The third-order valence-electron chi connectivity index (χ3n) is 5.51. The van der Waals surface area contributed by atoms with E-state index in [1.165, 1.54) is 18.3 Å². The van der Waals surface area contributed by atoms with Crippen LogP contribution in [0.2, 0.25) is 0 Å². The number of amides is 1. The maximum absolute atomic E-state index is 12.2. The minimum absolute atomic E-state index is 0.102. The molecule has 2 unspecified atom stereocenters. The third-order valence-corrected chi connectivity index (χ3v) is 5.51. The van der Waals surface area contributed by atoms with Gasteiger partial charge in [0.1, 0.15) is 18.8 Å². The number of ether oxygens (including phenoxy) is 1. The van der Waals surface area contributed by atoms with Gasteiger partial charge < -0.3 is 25.4 Å². The van der Waals surface area contributed by atoms with Crippen molar-refractivity contribution in [1.29, 1.82) is 0 Å². The zero-order valence-electron chi connectivity index (χ0n) is 17.0. The number of nitrogens with one attached hydrogen (secondary N) is 1. The molecular weight excluding hydrogens is 412 g/mol. The van der Waals surface area contributed by atoms with Gasteiger partial charge in [-0.1, -0.05) is 48.5 Å². The molecule has 1 aliphatic carbocycles. The van der Waals surface area contributed by atoms with E-state index < -0.39 is 24.3 Å². The van der Waals surface area contributed by atoms with Crippen LogP contribution in [0.4, 0.5) is 4.79 Å². The Balaban J connectivity index is 1.36. The van der Waals surface area contributed by atoms with Gasteiger partial charge >= 0.3 is 12.1 Å². The second-order valence-electron chi connectivity index (χ2n) is 7.46. The number of hydrogen-bond donors (Lipinski definition) is 4. The molecule has 1 aliphatic rings. The first kappa shape index (κ1) is 21.5. The largest absolute Gasteiger partial charge is 0.478 e. The predicted molar refractivity (Wildman–Crippen MR) is 115 cm³/mol. The number of hydrogen-bond acceptors (Lipinski definition) is 6. The van der Waals surface area contributed by atoms with Crippen molar-refractivity contribution in [2.45, 2.75) is 18.1 Å². The lowest BCUT2D eigenvalue weighted by Crippen LogP contribution is -2.37. The van der Waals surface area contributed by atoms with Crippen LogP contribution in [0.1, 0.15) is 39.2 Å². The highest BCUT2D eigenvalue weighted by Gasteiger charge is 2.29. The van der Waals surface area contributed by atoms with Crippen LogP contribution >= 0.6 is 0 Å². The van der Waals surface area contributed by atoms with Crippen molar-refractivity contribution < 1.29 is 29.6 Å². The summed E-state index contributed by atoms with van der Waals surface area (Å²) in [6.45, 7) is -0.227. The van der Waals surface area contributed by atoms with Crippen molar-refractivity contribution >= 4 is 12.1 Å². The lowest BCUT2D eigenvalue weighted by molar-refractivity contribution is 0.0150. The quantitative estimate of drug-likeness (QED) is 0.450. The van der Waals surface area contributed by atoms with Gasteiger partial charge in [-0.3, -0.25) is 4.98 Å². The number of rotatable bonds is 7. The molecule has 2 aromatic carbocycles. The molecule has 0 radical (unpaired) electrons. The molecule has 4 N–H and O–H groups in total. The summed E-state index contributed by atoms with van der Waals surface area (Å²) in [5.41, 5.74) is 3.98. The van der Waals surface area contributed by atoms with Crippen molar-refractivity contribution in [3.05, 3.63) is 89.2 Å². The zero-order chi connectivity index (χ0) is 22.7. The van der Waals surface area contributed by atoms with E-state index in [-0.39, 0.29) is 30.3 Å². The summed E-state index contributed by atoms with van der Waals surface area (Å²) in [6.07, 6.45) is -2.49. The smallest absolute Gasteiger partial charge is 0.407 e. The summed E-state index contributed by atoms with van der Waals surface area (Å²) in [6, 6.07) is 18.6. The molecule has 0 saturated heterocycles. The van der Waals surface area contributed by atoms with Crippen molar-refractivity contribution in [1.82, 2.24) is 10.3 Å². The van der Waals surface area contributed by atoms with Gasteiger partial charge in [0.15, 0.2) is 0 Å². The fraction of sp³-hybridized carbons (Fsp3) is 0.208. The number of carboxylic acid groups (broad SMARTS) is 1. The first-order valence-electron chi connectivity index (χ1n) is 10.1. The maximum Gasteiger partial charge on any atom is 0.407 e. The van der Waals surface area contributed by atoms with Gasteiger partial charge in [0.25, 0.3) is 0 Å². The Bertz CT molecular complexity index is 1100. The molecule has 1 amide bonds. The van der Waals surface area contributed by atoms with E-state index in [9.17, 15) is 24.9 Å². The molecule has 0 aliphatic heterocycles. The molecule has 0 bridgehead atoms. The Morgan fingerprint density at radius 3 is 2.22 bits per heavy atom. The number of benzene rings is 2. The van der Waals surface area contributed by atoms with E-state index in [0.29, 0.717) is 0 Å². The molecule has 0 fully saturated rings. The first-order chi connectivity index (χ1) is 15.5. The zero-order valence-corrected chi connectivity index (χ0v) is 17.0. The highest BCUT2D eigenvalue weighted by Crippen LogP contribution is 2.44. The molecule has 164 valence electrons. The Morgan fingerprint density at radius 1 is 0.969 bits per heavy atom. The lowest BCUT2D eigenvalue weighted by Gasteiger charge is -2.19. The molecule has 3 aromatic rings. The van der Waals surface area contributed by atoms with Crippen molar-refractivity contribution in [2.24, 2.45) is 0 Å². The number of aromatic carboxylic acids is 1. The number of aromatic nitrogens is 1. The van der Waals surface area contributed by atoms with Gasteiger partial charge in [-0.2, -0.15) is 0 Å². The Kier molecular flexibility index (Phi) is 6.16. The molecule has 8 nitrogen and oxygen atoms in total.